The second-order valence-corrected chi connectivity index (χ2v) is 6.83. The Morgan fingerprint density at radius 1 is 1.39 bits per heavy atom. The van der Waals surface area contributed by atoms with Crippen LogP contribution in [0.1, 0.15) is 17.6 Å². The van der Waals surface area contributed by atoms with Gasteiger partial charge in [0.15, 0.2) is 5.82 Å². The third-order valence-corrected chi connectivity index (χ3v) is 4.31. The van der Waals surface area contributed by atoms with E-state index >= 15 is 0 Å². The van der Waals surface area contributed by atoms with Crippen molar-refractivity contribution in [2.45, 2.75) is 13.5 Å². The van der Waals surface area contributed by atoms with E-state index in [-0.39, 0.29) is 0 Å². The molecule has 3 heterocycles. The van der Waals surface area contributed by atoms with Gasteiger partial charge in [0.1, 0.15) is 5.82 Å². The number of nitrogens with zero attached hydrogens (tertiary/aromatic N) is 3. The maximum atomic E-state index is 5.93. The van der Waals surface area contributed by atoms with Crippen LogP contribution < -0.4 is 5.32 Å². The smallest absolute Gasteiger partial charge is 0.182 e. The number of halogens is 1. The van der Waals surface area contributed by atoms with Crippen molar-refractivity contribution < 1.29 is 0 Å². The fraction of sp³-hybridized carbons (Fsp3) is 0.188. The topological polar surface area (TPSA) is 66.5 Å². The number of pyridine rings is 1. The van der Waals surface area contributed by atoms with E-state index in [9.17, 15) is 0 Å². The molecule has 0 aliphatic carbocycles. The van der Waals surface area contributed by atoms with E-state index in [1.54, 1.807) is 23.7 Å². The van der Waals surface area contributed by atoms with E-state index in [0.717, 1.165) is 27.1 Å². The fourth-order valence-corrected chi connectivity index (χ4v) is 3.16. The number of aromatic nitrogens is 4. The molecule has 0 aliphatic rings. The van der Waals surface area contributed by atoms with Gasteiger partial charge < -0.3 is 5.32 Å². The van der Waals surface area contributed by atoms with Crippen LogP contribution in [0.2, 0.25) is 4.34 Å². The molecule has 0 aromatic carbocycles. The normalized spacial score (nSPS) is 11.8. The Hall–Kier alpha value is -2.02. The summed E-state index contributed by atoms with van der Waals surface area (Å²) in [5.41, 5.74) is 2.14. The molecule has 3 aromatic rings. The molecule has 0 saturated heterocycles. The summed E-state index contributed by atoms with van der Waals surface area (Å²) in [6.07, 6.45) is 5.61. The van der Waals surface area contributed by atoms with Crippen LogP contribution in [0.4, 0.5) is 0 Å². The average Bonchev–Trinajstić information content (AvgIpc) is 3.17. The number of aromatic amines is 1. The molecule has 5 nitrogen and oxygen atoms in total. The lowest BCUT2D eigenvalue weighted by Gasteiger charge is -2.02. The maximum absolute atomic E-state index is 5.93. The summed E-state index contributed by atoms with van der Waals surface area (Å²) in [6.45, 7) is 3.49. The summed E-state index contributed by atoms with van der Waals surface area (Å²) in [7, 11) is 0. The lowest BCUT2D eigenvalue weighted by Crippen LogP contribution is -2.16. The molecule has 118 valence electrons. The van der Waals surface area contributed by atoms with Gasteiger partial charge in [-0.3, -0.25) is 10.1 Å². The van der Waals surface area contributed by atoms with Crippen LogP contribution in [0.3, 0.4) is 0 Å². The number of hydrogen-bond acceptors (Lipinski definition) is 5. The van der Waals surface area contributed by atoms with Crippen molar-refractivity contribution >= 4 is 29.0 Å². The van der Waals surface area contributed by atoms with Gasteiger partial charge in [0.25, 0.3) is 0 Å². The van der Waals surface area contributed by atoms with Crippen molar-refractivity contribution in [1.82, 2.24) is 25.5 Å². The monoisotopic (exact) mass is 345 g/mol. The average molecular weight is 346 g/mol. The molecule has 3 aromatic heterocycles. The summed E-state index contributed by atoms with van der Waals surface area (Å²) in [5, 5.41) is 10.5. The minimum atomic E-state index is 0.629. The van der Waals surface area contributed by atoms with Crippen LogP contribution in [0.25, 0.3) is 17.5 Å². The molecule has 0 saturated carbocycles. The van der Waals surface area contributed by atoms with Gasteiger partial charge in [-0.2, -0.15) is 5.10 Å². The van der Waals surface area contributed by atoms with Gasteiger partial charge in [0.05, 0.1) is 10.9 Å². The molecule has 0 aliphatic heterocycles. The summed E-state index contributed by atoms with van der Waals surface area (Å²) >= 11 is 7.50. The number of thiophene rings is 1. The molecule has 7 heteroatoms. The Labute approximate surface area is 143 Å². The van der Waals surface area contributed by atoms with Gasteiger partial charge in [-0.05, 0) is 37.3 Å². The van der Waals surface area contributed by atoms with Crippen molar-refractivity contribution in [3.8, 4) is 11.4 Å². The molecular formula is C16H16ClN5S. The highest BCUT2D eigenvalue weighted by Gasteiger charge is 2.05. The van der Waals surface area contributed by atoms with Gasteiger partial charge in [0.2, 0.25) is 0 Å². The van der Waals surface area contributed by atoms with Crippen LogP contribution in [0.15, 0.2) is 42.2 Å². The number of nitrogens with one attached hydrogen (secondary N) is 2. The zero-order chi connectivity index (χ0) is 16.1. The summed E-state index contributed by atoms with van der Waals surface area (Å²) in [4.78, 5) is 9.69. The molecule has 23 heavy (non-hydrogen) atoms. The van der Waals surface area contributed by atoms with Crippen molar-refractivity contribution in [3.05, 3.63) is 57.3 Å². The maximum Gasteiger partial charge on any atom is 0.182 e. The Kier molecular flexibility index (Phi) is 5.17. The van der Waals surface area contributed by atoms with Crippen LogP contribution in [-0.2, 0) is 6.54 Å². The zero-order valence-corrected chi connectivity index (χ0v) is 14.2. The zero-order valence-electron chi connectivity index (χ0n) is 12.6. The van der Waals surface area contributed by atoms with Crippen molar-refractivity contribution in [1.29, 1.82) is 0 Å². The quantitative estimate of drug-likeness (QED) is 0.713. The molecule has 0 atom stereocenters. The molecule has 3 rings (SSSR count). The lowest BCUT2D eigenvalue weighted by atomic mass is 10.2. The highest BCUT2D eigenvalue weighted by molar-refractivity contribution is 7.17. The first-order chi connectivity index (χ1) is 11.2. The number of rotatable bonds is 6. The second kappa shape index (κ2) is 7.50. The second-order valence-electron chi connectivity index (χ2n) is 5.08. The first-order valence-corrected chi connectivity index (χ1v) is 8.35. The minimum Gasteiger partial charge on any atom is -0.306 e. The van der Waals surface area contributed by atoms with E-state index in [1.807, 2.05) is 24.3 Å². The molecule has 0 spiro atoms. The fourth-order valence-electron chi connectivity index (χ4n) is 2.08. The van der Waals surface area contributed by atoms with E-state index < -0.39 is 0 Å². The van der Waals surface area contributed by atoms with Gasteiger partial charge in [0, 0.05) is 29.4 Å². The molecule has 2 N–H and O–H groups in total. The van der Waals surface area contributed by atoms with Crippen LogP contribution in [0, 0.1) is 0 Å². The SMILES string of the molecule is C/C(=C\c1ccc(Cl)s1)CNCc1nc(-c2cccnc2)n[nH]1. The predicted molar refractivity (Wildman–Crippen MR) is 94.3 cm³/mol. The Morgan fingerprint density at radius 3 is 3.04 bits per heavy atom. The number of hydrogen-bond donors (Lipinski definition) is 2. The van der Waals surface area contributed by atoms with Crippen molar-refractivity contribution in [2.75, 3.05) is 6.54 Å². The van der Waals surface area contributed by atoms with E-state index in [4.69, 9.17) is 11.6 Å². The summed E-state index contributed by atoms with van der Waals surface area (Å²) in [5.74, 6) is 1.46. The Bertz CT molecular complexity index is 794. The number of H-pyrrole nitrogens is 1. The van der Waals surface area contributed by atoms with E-state index in [2.05, 4.69) is 38.5 Å². The lowest BCUT2D eigenvalue weighted by molar-refractivity contribution is 0.705. The highest BCUT2D eigenvalue weighted by atomic mass is 35.5. The standard InChI is InChI=1S/C16H16ClN5S/c1-11(7-13-4-5-14(17)23-13)8-19-10-15-20-16(22-21-15)12-3-2-6-18-9-12/h2-7,9,19H,8,10H2,1H3,(H,20,21,22)/b11-7+. The minimum absolute atomic E-state index is 0.629. The summed E-state index contributed by atoms with van der Waals surface area (Å²) in [6, 6.07) is 7.74. The first kappa shape index (κ1) is 15.9. The third kappa shape index (κ3) is 4.48. The molecule has 0 bridgehead atoms. The van der Waals surface area contributed by atoms with Gasteiger partial charge in [-0.25, -0.2) is 4.98 Å². The molecule has 0 amide bonds. The van der Waals surface area contributed by atoms with Gasteiger partial charge >= 0.3 is 0 Å². The van der Waals surface area contributed by atoms with E-state index in [0.29, 0.717) is 12.4 Å². The van der Waals surface area contributed by atoms with Gasteiger partial charge in [-0.1, -0.05) is 17.2 Å². The van der Waals surface area contributed by atoms with Crippen molar-refractivity contribution in [3.63, 3.8) is 0 Å². The third-order valence-electron chi connectivity index (χ3n) is 3.13. The van der Waals surface area contributed by atoms with Crippen LogP contribution in [-0.4, -0.2) is 26.7 Å². The van der Waals surface area contributed by atoms with Gasteiger partial charge in [-0.15, -0.1) is 11.3 Å². The first-order valence-electron chi connectivity index (χ1n) is 7.15. The molecule has 0 unspecified atom stereocenters. The molecular weight excluding hydrogens is 330 g/mol. The Balaban J connectivity index is 1.53. The highest BCUT2D eigenvalue weighted by Crippen LogP contribution is 2.23. The van der Waals surface area contributed by atoms with E-state index in [1.165, 1.54) is 5.57 Å². The van der Waals surface area contributed by atoms with Crippen molar-refractivity contribution in [2.24, 2.45) is 0 Å². The Morgan fingerprint density at radius 2 is 2.30 bits per heavy atom. The summed E-state index contributed by atoms with van der Waals surface area (Å²) < 4.78 is 0.807. The van der Waals surface area contributed by atoms with Crippen LogP contribution >= 0.6 is 22.9 Å². The van der Waals surface area contributed by atoms with Crippen LogP contribution in [0.5, 0.6) is 0 Å². The predicted octanol–water partition coefficient (Wildman–Crippen LogP) is 3.77. The molecule has 0 radical (unpaired) electrons. The molecule has 0 fully saturated rings. The largest absolute Gasteiger partial charge is 0.306 e.